The summed E-state index contributed by atoms with van der Waals surface area (Å²) in [6.45, 7) is 2.63. The second-order valence-electron chi connectivity index (χ2n) is 5.76. The van der Waals surface area contributed by atoms with Gasteiger partial charge in [-0.3, -0.25) is 4.79 Å². The Kier molecular flexibility index (Phi) is 4.13. The summed E-state index contributed by atoms with van der Waals surface area (Å²) in [5.74, 6) is -1.08. The first-order valence-corrected chi connectivity index (χ1v) is 7.40. The number of hydrogen-bond acceptors (Lipinski definition) is 4. The third kappa shape index (κ3) is 2.71. The van der Waals surface area contributed by atoms with Gasteiger partial charge in [-0.1, -0.05) is 18.2 Å². The fourth-order valence-corrected chi connectivity index (χ4v) is 3.19. The summed E-state index contributed by atoms with van der Waals surface area (Å²) in [7, 11) is 0. The number of hydrogen-bond donors (Lipinski definition) is 1. The van der Waals surface area contributed by atoms with Crippen molar-refractivity contribution in [1.82, 2.24) is 4.90 Å². The van der Waals surface area contributed by atoms with Gasteiger partial charge in [0.2, 0.25) is 5.91 Å². The first kappa shape index (κ1) is 15.0. The molecule has 118 valence electrons. The first-order valence-electron chi connectivity index (χ1n) is 7.40. The molecule has 1 spiro atoms. The molecule has 0 saturated carbocycles. The van der Waals surface area contributed by atoms with Crippen molar-refractivity contribution in [1.29, 1.82) is 0 Å². The highest BCUT2D eigenvalue weighted by Gasteiger charge is 2.45. The molecule has 3 rings (SSSR count). The van der Waals surface area contributed by atoms with Crippen molar-refractivity contribution >= 4 is 11.9 Å². The molecule has 1 unspecified atom stereocenters. The van der Waals surface area contributed by atoms with Gasteiger partial charge < -0.3 is 19.5 Å². The van der Waals surface area contributed by atoms with Gasteiger partial charge in [-0.25, -0.2) is 4.79 Å². The van der Waals surface area contributed by atoms with Crippen LogP contribution in [0.5, 0.6) is 0 Å². The van der Waals surface area contributed by atoms with Crippen molar-refractivity contribution in [2.24, 2.45) is 0 Å². The van der Waals surface area contributed by atoms with Crippen LogP contribution in [0.15, 0.2) is 24.3 Å². The highest BCUT2D eigenvalue weighted by atomic mass is 16.5. The predicted octanol–water partition coefficient (Wildman–Crippen LogP) is 0.945. The van der Waals surface area contributed by atoms with Gasteiger partial charge >= 0.3 is 5.97 Å². The van der Waals surface area contributed by atoms with E-state index in [1.807, 2.05) is 4.90 Å². The van der Waals surface area contributed by atoms with Crippen molar-refractivity contribution in [3.63, 3.8) is 0 Å². The smallest absolute Gasteiger partial charge is 0.335 e. The van der Waals surface area contributed by atoms with Gasteiger partial charge in [-0.05, 0) is 18.1 Å². The van der Waals surface area contributed by atoms with Crippen LogP contribution in [0.3, 0.4) is 0 Å². The Balaban J connectivity index is 1.80. The molecule has 0 aliphatic carbocycles. The van der Waals surface area contributed by atoms with Crippen molar-refractivity contribution in [2.45, 2.75) is 18.4 Å². The molecule has 1 aromatic rings. The monoisotopic (exact) mass is 305 g/mol. The quantitative estimate of drug-likeness (QED) is 0.899. The lowest BCUT2D eigenvalue weighted by Crippen LogP contribution is -2.60. The fraction of sp³-hybridized carbons (Fsp3) is 0.500. The molecule has 22 heavy (non-hydrogen) atoms. The molecule has 2 aliphatic rings. The second kappa shape index (κ2) is 6.06. The molecular weight excluding hydrogens is 286 g/mol. The minimum absolute atomic E-state index is 0.0671. The molecule has 0 radical (unpaired) electrons. The lowest BCUT2D eigenvalue weighted by molar-refractivity contribution is -0.148. The summed E-state index contributed by atoms with van der Waals surface area (Å²) in [4.78, 5) is 25.8. The molecular formula is C16H19NO5. The number of amides is 1. The van der Waals surface area contributed by atoms with E-state index < -0.39 is 5.97 Å². The number of carboxylic acid groups (broad SMARTS) is 1. The number of benzene rings is 1. The Labute approximate surface area is 128 Å². The Bertz CT molecular complexity index is 580. The van der Waals surface area contributed by atoms with Crippen LogP contribution in [-0.4, -0.2) is 60.4 Å². The highest BCUT2D eigenvalue weighted by molar-refractivity contribution is 5.91. The topological polar surface area (TPSA) is 76.1 Å². The van der Waals surface area contributed by atoms with Crippen LogP contribution in [0.2, 0.25) is 0 Å². The van der Waals surface area contributed by atoms with Crippen LogP contribution < -0.4 is 0 Å². The van der Waals surface area contributed by atoms with Gasteiger partial charge in [0.05, 0.1) is 37.3 Å². The number of carboxylic acids is 1. The molecule has 2 saturated heterocycles. The zero-order valence-corrected chi connectivity index (χ0v) is 12.3. The molecule has 6 heteroatoms. The molecule has 1 atom stereocenters. The first-order chi connectivity index (χ1) is 10.6. The largest absolute Gasteiger partial charge is 0.478 e. The van der Waals surface area contributed by atoms with Crippen LogP contribution in [0, 0.1) is 0 Å². The van der Waals surface area contributed by atoms with Crippen LogP contribution >= 0.6 is 0 Å². The number of morpholine rings is 1. The maximum atomic E-state index is 12.7. The van der Waals surface area contributed by atoms with E-state index in [4.69, 9.17) is 9.47 Å². The third-order valence-corrected chi connectivity index (χ3v) is 4.38. The number of rotatable bonds is 3. The highest BCUT2D eigenvalue weighted by Crippen LogP contribution is 2.30. The lowest BCUT2D eigenvalue weighted by Gasteiger charge is -2.43. The van der Waals surface area contributed by atoms with Gasteiger partial charge in [0.15, 0.2) is 0 Å². The van der Waals surface area contributed by atoms with E-state index in [2.05, 4.69) is 0 Å². The second-order valence-corrected chi connectivity index (χ2v) is 5.76. The Morgan fingerprint density at radius 2 is 1.91 bits per heavy atom. The molecule has 2 aliphatic heterocycles. The standard InChI is InChI=1S/C16H19NO5/c18-14(9-12-3-1-2-4-13(12)15(19)20)17-6-8-22-11-16(17)5-7-21-10-16/h1-4H,5-11H2,(H,19,20). The summed E-state index contributed by atoms with van der Waals surface area (Å²) in [5, 5.41) is 9.23. The van der Waals surface area contributed by atoms with Crippen LogP contribution in [0.25, 0.3) is 0 Å². The summed E-state index contributed by atoms with van der Waals surface area (Å²) >= 11 is 0. The molecule has 2 heterocycles. The molecule has 1 N–H and O–H groups in total. The van der Waals surface area contributed by atoms with E-state index in [9.17, 15) is 14.7 Å². The number of nitrogens with zero attached hydrogens (tertiary/aromatic N) is 1. The summed E-state index contributed by atoms with van der Waals surface area (Å²) < 4.78 is 11.0. The number of ether oxygens (including phenoxy) is 2. The van der Waals surface area contributed by atoms with E-state index >= 15 is 0 Å². The molecule has 1 amide bonds. The average Bonchev–Trinajstić information content (AvgIpc) is 2.96. The normalized spacial score (nSPS) is 24.6. The molecule has 6 nitrogen and oxygen atoms in total. The van der Waals surface area contributed by atoms with Gasteiger partial charge in [-0.2, -0.15) is 0 Å². The number of carbonyl (C=O) groups is 2. The number of aromatic carboxylic acids is 1. The van der Waals surface area contributed by atoms with Gasteiger partial charge in [0.25, 0.3) is 0 Å². The average molecular weight is 305 g/mol. The van der Waals surface area contributed by atoms with Crippen LogP contribution in [0.1, 0.15) is 22.3 Å². The molecule has 1 aromatic carbocycles. The Hall–Kier alpha value is -1.92. The minimum Gasteiger partial charge on any atom is -0.478 e. The Morgan fingerprint density at radius 3 is 2.64 bits per heavy atom. The van der Waals surface area contributed by atoms with E-state index in [1.54, 1.807) is 18.2 Å². The van der Waals surface area contributed by atoms with Crippen molar-refractivity contribution in [3.8, 4) is 0 Å². The predicted molar refractivity (Wildman–Crippen MR) is 77.8 cm³/mol. The van der Waals surface area contributed by atoms with Crippen LogP contribution in [-0.2, 0) is 20.7 Å². The molecule has 2 fully saturated rings. The van der Waals surface area contributed by atoms with Gasteiger partial charge in [-0.15, -0.1) is 0 Å². The maximum absolute atomic E-state index is 12.7. The third-order valence-electron chi connectivity index (χ3n) is 4.38. The van der Waals surface area contributed by atoms with E-state index in [0.717, 1.165) is 6.42 Å². The number of carbonyl (C=O) groups excluding carboxylic acids is 1. The van der Waals surface area contributed by atoms with Crippen molar-refractivity contribution < 1.29 is 24.2 Å². The molecule has 0 bridgehead atoms. The summed E-state index contributed by atoms with van der Waals surface area (Å²) in [6.07, 6.45) is 0.851. The maximum Gasteiger partial charge on any atom is 0.335 e. The lowest BCUT2D eigenvalue weighted by atomic mass is 9.94. The van der Waals surface area contributed by atoms with E-state index in [-0.39, 0.29) is 23.4 Å². The molecule has 0 aromatic heterocycles. The zero-order chi connectivity index (χ0) is 15.6. The SMILES string of the molecule is O=C(O)c1ccccc1CC(=O)N1CCOCC12CCOC2. The van der Waals surface area contributed by atoms with Crippen LogP contribution in [0.4, 0.5) is 0 Å². The van der Waals surface area contributed by atoms with Gasteiger partial charge in [0.1, 0.15) is 0 Å². The van der Waals surface area contributed by atoms with E-state index in [0.29, 0.717) is 38.5 Å². The summed E-state index contributed by atoms with van der Waals surface area (Å²) in [6, 6.07) is 6.64. The van der Waals surface area contributed by atoms with Gasteiger partial charge in [0, 0.05) is 13.2 Å². The van der Waals surface area contributed by atoms with E-state index in [1.165, 1.54) is 6.07 Å². The van der Waals surface area contributed by atoms with Crippen molar-refractivity contribution in [3.05, 3.63) is 35.4 Å². The van der Waals surface area contributed by atoms with Crippen molar-refractivity contribution in [2.75, 3.05) is 33.0 Å². The minimum atomic E-state index is -1.01. The summed E-state index contributed by atoms with van der Waals surface area (Å²) in [5.41, 5.74) is 0.342. The Morgan fingerprint density at radius 1 is 1.18 bits per heavy atom. The fourth-order valence-electron chi connectivity index (χ4n) is 3.19. The zero-order valence-electron chi connectivity index (χ0n) is 12.3.